The molecule has 3 nitrogen and oxygen atoms in total. The molecule has 1 aromatic carbocycles. The monoisotopic (exact) mass is 341 g/mol. The van der Waals surface area contributed by atoms with Crippen molar-refractivity contribution in [2.75, 3.05) is 5.01 Å². The number of alkyl halides is 3. The number of carbonyl (C=O) groups is 1. The molecule has 0 aliphatic heterocycles. The van der Waals surface area contributed by atoms with Crippen LogP contribution in [0, 0.1) is 0 Å². The zero-order chi connectivity index (χ0) is 13.4. The molecule has 10 heteroatoms. The van der Waals surface area contributed by atoms with Crippen LogP contribution < -0.4 is 23.3 Å². The molecule has 1 amide bonds. The Labute approximate surface area is 121 Å². The first-order valence-corrected chi connectivity index (χ1v) is 5.08. The molecule has 0 aliphatic carbocycles. The van der Waals surface area contributed by atoms with Gasteiger partial charge in [0.05, 0.1) is 15.7 Å². The highest BCUT2D eigenvalue weighted by Crippen LogP contribution is 2.36. The van der Waals surface area contributed by atoms with E-state index in [1.165, 1.54) is 0 Å². The normalized spacial score (nSPS) is 10.8. The topological polar surface area (TPSA) is 46.3 Å². The zero-order valence-corrected chi connectivity index (χ0v) is 11.3. The molecule has 18 heavy (non-hydrogen) atoms. The predicted octanol–water partition coefficient (Wildman–Crippen LogP) is 0.420. The number of nitrogens with two attached hydrogens (primary N) is 1. The second kappa shape index (κ2) is 6.16. The molecule has 2 N–H and O–H groups in total. The van der Waals surface area contributed by atoms with Gasteiger partial charge in [-0.1, -0.05) is 34.8 Å². The minimum absolute atomic E-state index is 0. The fourth-order valence-electron chi connectivity index (χ4n) is 1.00. The van der Waals surface area contributed by atoms with Crippen molar-refractivity contribution < 1.29 is 30.4 Å². The van der Waals surface area contributed by atoms with Crippen LogP contribution in [0.2, 0.25) is 15.1 Å². The smallest absolute Gasteiger partial charge is 0.473 e. The van der Waals surface area contributed by atoms with Crippen molar-refractivity contribution in [3.63, 3.8) is 0 Å². The number of carbonyl (C=O) groups excluding carboxylic acids is 1. The Balaban J connectivity index is 0.00000289. The highest BCUT2D eigenvalue weighted by Gasteiger charge is 2.43. The minimum atomic E-state index is -5.12. The molecule has 0 heterocycles. The van der Waals surface area contributed by atoms with Gasteiger partial charge in [-0.3, -0.25) is 4.79 Å². The van der Waals surface area contributed by atoms with Gasteiger partial charge in [-0.15, -0.1) is 0 Å². The Morgan fingerprint density at radius 3 is 1.89 bits per heavy atom. The van der Waals surface area contributed by atoms with Crippen molar-refractivity contribution >= 4 is 46.4 Å². The molecular weight excluding hydrogens is 339 g/mol. The van der Waals surface area contributed by atoms with Crippen LogP contribution in [0.4, 0.5) is 18.9 Å². The van der Waals surface area contributed by atoms with Gasteiger partial charge in [-0.25, -0.2) is 10.9 Å². The third-order valence-corrected chi connectivity index (χ3v) is 2.48. The lowest BCUT2D eigenvalue weighted by Crippen LogP contribution is -3.00. The van der Waals surface area contributed by atoms with E-state index in [2.05, 4.69) is 0 Å². The lowest BCUT2D eigenvalue weighted by molar-refractivity contribution is -0.170. The van der Waals surface area contributed by atoms with Gasteiger partial charge < -0.3 is 12.4 Å². The summed E-state index contributed by atoms with van der Waals surface area (Å²) in [6.45, 7) is 0. The molecular formula is C8H4Cl4F3N2O-. The first kappa shape index (κ1) is 17.6. The van der Waals surface area contributed by atoms with E-state index in [0.717, 1.165) is 12.1 Å². The lowest BCUT2D eigenvalue weighted by atomic mass is 10.3. The molecule has 0 aromatic heterocycles. The number of nitrogens with zero attached hydrogens (tertiary/aromatic N) is 1. The zero-order valence-electron chi connectivity index (χ0n) is 8.23. The van der Waals surface area contributed by atoms with Gasteiger partial charge in [0, 0.05) is 5.02 Å². The summed E-state index contributed by atoms with van der Waals surface area (Å²) in [7, 11) is 0. The van der Waals surface area contributed by atoms with Crippen LogP contribution in [-0.2, 0) is 4.79 Å². The summed E-state index contributed by atoms with van der Waals surface area (Å²) < 4.78 is 36.4. The number of rotatable bonds is 1. The van der Waals surface area contributed by atoms with Crippen LogP contribution in [0.15, 0.2) is 12.1 Å². The summed E-state index contributed by atoms with van der Waals surface area (Å²) in [5, 5.41) is -0.581. The van der Waals surface area contributed by atoms with Crippen LogP contribution in [0.25, 0.3) is 0 Å². The Kier molecular flexibility index (Phi) is 6.03. The second-order valence-electron chi connectivity index (χ2n) is 2.89. The van der Waals surface area contributed by atoms with E-state index in [4.69, 9.17) is 40.6 Å². The molecule has 0 saturated heterocycles. The maximum atomic E-state index is 12.1. The summed E-state index contributed by atoms with van der Waals surface area (Å²) in [5.41, 5.74) is -0.458. The van der Waals surface area contributed by atoms with Crippen molar-refractivity contribution in [1.29, 1.82) is 0 Å². The number of anilines is 1. The van der Waals surface area contributed by atoms with Crippen LogP contribution >= 0.6 is 34.8 Å². The standard InChI is InChI=1S/C8H4Cl3F3N2O.ClH/c9-3-1-4(10)6(5(11)2-3)16(15)7(17)8(12,13)14;/h1-2H,15H2;1H/p-1. The van der Waals surface area contributed by atoms with Gasteiger partial charge in [0.15, 0.2) is 0 Å². The first-order valence-electron chi connectivity index (χ1n) is 3.95. The summed E-state index contributed by atoms with van der Waals surface area (Å²) in [5.74, 6) is 2.74. The van der Waals surface area contributed by atoms with Crippen LogP contribution in [0.1, 0.15) is 0 Å². The Morgan fingerprint density at radius 1 is 1.17 bits per heavy atom. The third kappa shape index (κ3) is 3.80. The number of hydrogen-bond donors (Lipinski definition) is 1. The van der Waals surface area contributed by atoms with E-state index in [1.807, 2.05) is 0 Å². The average Bonchev–Trinajstić information content (AvgIpc) is 2.13. The van der Waals surface area contributed by atoms with E-state index in [1.54, 1.807) is 0 Å². The maximum Gasteiger partial charge on any atom is 0.473 e. The van der Waals surface area contributed by atoms with Crippen LogP contribution in [0.3, 0.4) is 0 Å². The largest absolute Gasteiger partial charge is 1.00 e. The molecule has 1 rings (SSSR count). The van der Waals surface area contributed by atoms with Gasteiger partial charge in [0.25, 0.3) is 0 Å². The summed E-state index contributed by atoms with van der Waals surface area (Å²) >= 11 is 16.8. The van der Waals surface area contributed by atoms with E-state index in [0.29, 0.717) is 0 Å². The van der Waals surface area contributed by atoms with E-state index in [9.17, 15) is 18.0 Å². The number of halogens is 7. The van der Waals surface area contributed by atoms with Crippen molar-refractivity contribution in [2.45, 2.75) is 6.18 Å². The lowest BCUT2D eigenvalue weighted by Gasteiger charge is -2.20. The average molecular weight is 343 g/mol. The second-order valence-corrected chi connectivity index (χ2v) is 4.14. The van der Waals surface area contributed by atoms with E-state index >= 15 is 0 Å². The van der Waals surface area contributed by atoms with Crippen molar-refractivity contribution in [1.82, 2.24) is 0 Å². The SMILES string of the molecule is NN(C(=O)C(F)(F)F)c1c(Cl)cc(Cl)cc1Cl.[Cl-]. The summed E-state index contributed by atoms with van der Waals surface area (Å²) in [4.78, 5) is 10.9. The molecule has 0 bridgehead atoms. The van der Waals surface area contributed by atoms with Crippen molar-refractivity contribution in [3.8, 4) is 0 Å². The molecule has 102 valence electrons. The van der Waals surface area contributed by atoms with E-state index in [-0.39, 0.29) is 32.5 Å². The van der Waals surface area contributed by atoms with Gasteiger partial charge in [-0.05, 0) is 12.1 Å². The Morgan fingerprint density at radius 2 is 1.56 bits per heavy atom. The Bertz CT molecular complexity index is 443. The van der Waals surface area contributed by atoms with Gasteiger partial charge >= 0.3 is 12.1 Å². The molecule has 0 atom stereocenters. The molecule has 0 fully saturated rings. The van der Waals surface area contributed by atoms with Crippen molar-refractivity contribution in [3.05, 3.63) is 27.2 Å². The van der Waals surface area contributed by atoms with Crippen molar-refractivity contribution in [2.24, 2.45) is 5.84 Å². The fourth-order valence-corrected chi connectivity index (χ4v) is 2.00. The molecule has 0 saturated carbocycles. The van der Waals surface area contributed by atoms with E-state index < -0.39 is 17.8 Å². The van der Waals surface area contributed by atoms with Crippen LogP contribution in [-0.4, -0.2) is 12.1 Å². The summed E-state index contributed by atoms with van der Waals surface area (Å²) in [6.07, 6.45) is -5.12. The fraction of sp³-hybridized carbons (Fsp3) is 0.125. The minimum Gasteiger partial charge on any atom is -1.00 e. The number of benzene rings is 1. The highest BCUT2D eigenvalue weighted by atomic mass is 35.5. The molecule has 0 spiro atoms. The molecule has 0 radical (unpaired) electrons. The quantitative estimate of drug-likeness (QED) is 0.457. The molecule has 0 unspecified atom stereocenters. The van der Waals surface area contributed by atoms with Gasteiger partial charge in [0.2, 0.25) is 0 Å². The number of hydrazine groups is 1. The number of hydrogen-bond acceptors (Lipinski definition) is 2. The highest BCUT2D eigenvalue weighted by molar-refractivity contribution is 6.42. The molecule has 1 aromatic rings. The van der Waals surface area contributed by atoms with Gasteiger partial charge in [-0.2, -0.15) is 13.2 Å². The summed E-state index contributed by atoms with van der Waals surface area (Å²) in [6, 6.07) is 2.24. The van der Waals surface area contributed by atoms with Crippen LogP contribution in [0.5, 0.6) is 0 Å². The third-order valence-electron chi connectivity index (χ3n) is 1.68. The van der Waals surface area contributed by atoms with Gasteiger partial charge in [0.1, 0.15) is 0 Å². The molecule has 0 aliphatic rings. The Hall–Kier alpha value is -0.400. The first-order chi connectivity index (χ1) is 7.64. The number of amides is 1. The maximum absolute atomic E-state index is 12.1. The predicted molar refractivity (Wildman–Crippen MR) is 59.2 cm³/mol.